The normalized spacial score (nSPS) is 30.7. The van der Waals surface area contributed by atoms with E-state index in [4.69, 9.17) is 18.9 Å². The Kier molecular flexibility index (Phi) is 8.35. The number of carbonyl (C=O) groups excluding carboxylic acids is 5. The molecule has 5 fully saturated rings. The van der Waals surface area contributed by atoms with E-state index in [9.17, 15) is 14.4 Å². The van der Waals surface area contributed by atoms with Gasteiger partial charge in [0, 0.05) is 25.3 Å². The van der Waals surface area contributed by atoms with Crippen molar-refractivity contribution in [2.24, 2.45) is 0 Å². The van der Waals surface area contributed by atoms with E-state index in [-0.39, 0.29) is 31.1 Å². The second kappa shape index (κ2) is 12.7. The van der Waals surface area contributed by atoms with Crippen LogP contribution in [0.2, 0.25) is 0 Å². The Morgan fingerprint density at radius 1 is 0.860 bits per heavy atom. The lowest BCUT2D eigenvalue weighted by Gasteiger charge is -2.51. The first-order valence-electron chi connectivity index (χ1n) is 16.0. The van der Waals surface area contributed by atoms with Crippen molar-refractivity contribution in [2.45, 2.75) is 66.3 Å². The Hall–Kier alpha value is -4.40. The number of nitrogens with zero attached hydrogens (tertiary/aromatic N) is 2. The third kappa shape index (κ3) is 5.26. The fraction of sp³-hybridized carbons (Fsp3) is 0.306. The molecule has 6 heterocycles. The molecule has 1 aliphatic carbocycles. The van der Waals surface area contributed by atoms with E-state index in [1.807, 2.05) is 36.4 Å². The van der Waals surface area contributed by atoms with Gasteiger partial charge in [-0.2, -0.15) is 0 Å². The lowest BCUT2D eigenvalue weighted by Crippen LogP contribution is -2.73. The van der Waals surface area contributed by atoms with E-state index in [0.717, 1.165) is 11.1 Å². The number of amides is 2. The molecule has 9 rings (SSSR count). The zero-order valence-electron chi connectivity index (χ0n) is 26.5. The first-order chi connectivity index (χ1) is 24.2. The summed E-state index contributed by atoms with van der Waals surface area (Å²) in [5, 5.41) is 0. The van der Waals surface area contributed by atoms with Gasteiger partial charge in [-0.15, -0.1) is 0 Å². The second-order valence-electron chi connectivity index (χ2n) is 12.6. The molecule has 5 saturated heterocycles. The molecular weight excluding hydrogens is 701 g/mol. The van der Waals surface area contributed by atoms with Crippen LogP contribution in [0.1, 0.15) is 37.0 Å². The van der Waals surface area contributed by atoms with Crippen LogP contribution in [-0.2, 0) is 49.3 Å². The summed E-state index contributed by atoms with van der Waals surface area (Å²) in [4.78, 5) is 69.5. The highest BCUT2D eigenvalue weighted by Crippen LogP contribution is 2.69. The van der Waals surface area contributed by atoms with Crippen molar-refractivity contribution in [3.05, 3.63) is 120 Å². The second-order valence-corrected chi connectivity index (χ2v) is 17.1. The number of hydrogen-bond acceptors (Lipinski definition) is 12. The first-order valence-corrected chi connectivity index (χ1v) is 19.5. The van der Waals surface area contributed by atoms with Crippen LogP contribution >= 0.6 is 31.4 Å². The molecule has 2 aromatic carbocycles. The minimum atomic E-state index is -1.39. The van der Waals surface area contributed by atoms with Crippen LogP contribution < -0.4 is 0 Å². The van der Waals surface area contributed by atoms with Gasteiger partial charge in [0.15, 0.2) is 9.74 Å². The summed E-state index contributed by atoms with van der Waals surface area (Å²) in [6.07, 6.45) is 7.07. The van der Waals surface area contributed by atoms with Crippen LogP contribution in [0.4, 0.5) is 0 Å². The highest BCUT2D eigenvalue weighted by atomic mass is 33.5. The predicted molar refractivity (Wildman–Crippen MR) is 185 cm³/mol. The van der Waals surface area contributed by atoms with Crippen LogP contribution in [-0.4, -0.2) is 73.6 Å². The number of allylic oxidation sites excluding steroid dienone is 2. The van der Waals surface area contributed by atoms with Gasteiger partial charge in [-0.3, -0.25) is 19.2 Å². The van der Waals surface area contributed by atoms with E-state index in [0.29, 0.717) is 11.1 Å². The van der Waals surface area contributed by atoms with Gasteiger partial charge in [0.2, 0.25) is 6.10 Å². The molecule has 14 heteroatoms. The Morgan fingerprint density at radius 3 is 2.16 bits per heavy atom. The molecule has 7 atom stereocenters. The molecule has 2 aromatic rings. The number of piperazine rings is 1. The minimum absolute atomic E-state index is 0.0686. The third-order valence-corrected chi connectivity index (χ3v) is 14.5. The number of ether oxygens (including phenoxy) is 4. The average molecular weight is 731 g/mol. The Balaban J connectivity index is 1.11. The maximum Gasteiger partial charge on any atom is 0.352 e. The smallest absolute Gasteiger partial charge is 0.352 e. The molecule has 7 aliphatic rings. The fourth-order valence-corrected chi connectivity index (χ4v) is 13.5. The number of fused-ring (bicyclic) bond motifs is 4. The molecule has 50 heavy (non-hydrogen) atoms. The molecule has 0 saturated carbocycles. The third-order valence-electron chi connectivity index (χ3n) is 9.54. The van der Waals surface area contributed by atoms with Crippen molar-refractivity contribution in [1.29, 1.82) is 0 Å². The maximum atomic E-state index is 15.1. The van der Waals surface area contributed by atoms with Crippen LogP contribution in [0.25, 0.3) is 0 Å². The van der Waals surface area contributed by atoms with Gasteiger partial charge in [0.1, 0.15) is 12.2 Å². The number of carbonyl (C=O) groups is 5. The van der Waals surface area contributed by atoms with E-state index < -0.39 is 58.0 Å². The summed E-state index contributed by atoms with van der Waals surface area (Å²) in [5.41, 5.74) is 2.64. The quantitative estimate of drug-likeness (QED) is 0.218. The fourth-order valence-electron chi connectivity index (χ4n) is 7.51. The highest BCUT2D eigenvalue weighted by molar-refractivity contribution is 9.10. The molecule has 0 unspecified atom stereocenters. The topological polar surface area (TPSA) is 129 Å². The number of benzene rings is 2. The van der Waals surface area contributed by atoms with Gasteiger partial charge in [-0.05, 0) is 60.3 Å². The predicted octanol–water partition coefficient (Wildman–Crippen LogP) is 4.93. The van der Waals surface area contributed by atoms with Gasteiger partial charge in [0.25, 0.3) is 11.8 Å². The molecule has 0 radical (unpaired) electrons. The van der Waals surface area contributed by atoms with Crippen LogP contribution in [0.5, 0.6) is 0 Å². The van der Waals surface area contributed by atoms with Crippen LogP contribution in [0.3, 0.4) is 0 Å². The average Bonchev–Trinajstić information content (AvgIpc) is 3.47. The molecule has 2 bridgehead atoms. The highest BCUT2D eigenvalue weighted by Gasteiger charge is 2.75. The molecule has 0 N–H and O–H groups in total. The van der Waals surface area contributed by atoms with Crippen molar-refractivity contribution in [3.8, 4) is 0 Å². The summed E-state index contributed by atoms with van der Waals surface area (Å²) in [6.45, 7) is 1.21. The summed E-state index contributed by atoms with van der Waals surface area (Å²) in [7, 11) is 3.98. The lowest BCUT2D eigenvalue weighted by atomic mass is 9.96. The van der Waals surface area contributed by atoms with E-state index >= 15 is 9.59 Å². The molecule has 256 valence electrons. The molecule has 0 aromatic heterocycles. The van der Waals surface area contributed by atoms with Crippen molar-refractivity contribution < 1.29 is 42.9 Å². The SMILES string of the molecule is CC(=O)O[C@@H](C(=O)O[C@H]1C=COC=C2C[C@@]34SSS[C@]5(CC6=CC=C[C@H](OC(=O)Cc7ccccc7)[C@H]6N5C3=O)C(=O)N4[C@@H]21)c1ccccc1. The first kappa shape index (κ1) is 32.8. The lowest BCUT2D eigenvalue weighted by molar-refractivity contribution is -0.176. The molecule has 2 spiro atoms. The molecule has 11 nitrogen and oxygen atoms in total. The number of hydrogen-bond donors (Lipinski definition) is 0. The van der Waals surface area contributed by atoms with Crippen LogP contribution in [0, 0.1) is 0 Å². The van der Waals surface area contributed by atoms with Gasteiger partial charge in [-0.1, -0.05) is 72.8 Å². The Bertz CT molecular complexity index is 1900. The van der Waals surface area contributed by atoms with Crippen molar-refractivity contribution in [1.82, 2.24) is 9.80 Å². The van der Waals surface area contributed by atoms with Crippen molar-refractivity contribution in [3.63, 3.8) is 0 Å². The number of esters is 3. The van der Waals surface area contributed by atoms with E-state index in [1.165, 1.54) is 56.9 Å². The number of rotatable bonds is 7. The maximum absolute atomic E-state index is 15.1. The van der Waals surface area contributed by atoms with Crippen molar-refractivity contribution >= 4 is 61.1 Å². The summed E-state index contributed by atoms with van der Waals surface area (Å²) in [6, 6.07) is 16.3. The molecule has 2 amide bonds. The zero-order chi connectivity index (χ0) is 34.6. The summed E-state index contributed by atoms with van der Waals surface area (Å²) < 4.78 is 23.1. The van der Waals surface area contributed by atoms with Gasteiger partial charge >= 0.3 is 17.9 Å². The van der Waals surface area contributed by atoms with E-state index in [2.05, 4.69) is 0 Å². The summed E-state index contributed by atoms with van der Waals surface area (Å²) in [5.74, 6) is -2.54. The summed E-state index contributed by atoms with van der Waals surface area (Å²) >= 11 is 0. The molecule has 6 aliphatic heterocycles. The van der Waals surface area contributed by atoms with Gasteiger partial charge in [-0.25, -0.2) is 4.79 Å². The Morgan fingerprint density at radius 2 is 1.48 bits per heavy atom. The van der Waals surface area contributed by atoms with Gasteiger partial charge in [0.05, 0.1) is 31.0 Å². The Labute approximate surface area is 298 Å². The molecular formula is C36H30N2O9S3. The largest absolute Gasteiger partial charge is 0.473 e. The van der Waals surface area contributed by atoms with Crippen LogP contribution in [0.15, 0.2) is 109 Å². The van der Waals surface area contributed by atoms with E-state index in [1.54, 1.807) is 52.3 Å². The van der Waals surface area contributed by atoms with Crippen molar-refractivity contribution in [2.75, 3.05) is 0 Å². The zero-order valence-corrected chi connectivity index (χ0v) is 29.0. The minimum Gasteiger partial charge on any atom is -0.473 e. The standard InChI is InChI=1S/C36H30N2O9S3/c1-21(39)45-31(23-11-6-3-7-12-23)32(41)47-27-15-16-44-20-25-19-36-34(43)37-29-24(18-35(37,48-50-49-36)33(42)38(36)30(25)27)13-8-14-26(29)46-28(40)17-22-9-4-2-5-10-22/h2-16,20,26-27,29-31H,17-19H2,1H3/t26-,27-,29-,30-,31+,35+,36+/m0/s1. The monoisotopic (exact) mass is 730 g/mol. The van der Waals surface area contributed by atoms with Gasteiger partial charge < -0.3 is 28.7 Å².